The molecule has 20 heavy (non-hydrogen) atoms. The first-order chi connectivity index (χ1) is 9.54. The van der Waals surface area contributed by atoms with Crippen LogP contribution in [-0.2, 0) is 17.8 Å². The fourth-order valence-corrected chi connectivity index (χ4v) is 1.88. The quantitative estimate of drug-likeness (QED) is 0.915. The fraction of sp³-hybridized carbons (Fsp3) is 0.133. The van der Waals surface area contributed by atoms with E-state index in [1.165, 1.54) is 12.1 Å². The van der Waals surface area contributed by atoms with Gasteiger partial charge in [0.15, 0.2) is 0 Å². The lowest BCUT2D eigenvalue weighted by atomic mass is 10.1. The molecule has 2 aromatic rings. The van der Waals surface area contributed by atoms with Crippen molar-refractivity contribution in [3.05, 3.63) is 64.4 Å². The minimum Gasteiger partial charge on any atom is -0.489 e. The molecule has 0 unspecified atom stereocenters. The molecule has 2 aromatic carbocycles. The average Bonchev–Trinajstić information content (AvgIpc) is 2.41. The number of halogens is 2. The van der Waals surface area contributed by atoms with Gasteiger partial charge >= 0.3 is 5.97 Å². The summed E-state index contributed by atoms with van der Waals surface area (Å²) in [7, 11) is 0. The van der Waals surface area contributed by atoms with Crippen LogP contribution in [0.2, 0.25) is 5.02 Å². The summed E-state index contributed by atoms with van der Waals surface area (Å²) in [6, 6.07) is 11.2. The molecule has 0 spiro atoms. The topological polar surface area (TPSA) is 46.5 Å². The average molecular weight is 295 g/mol. The number of carbonyl (C=O) groups is 1. The number of rotatable bonds is 5. The summed E-state index contributed by atoms with van der Waals surface area (Å²) in [5.74, 6) is -0.729. The molecular weight excluding hydrogens is 283 g/mol. The van der Waals surface area contributed by atoms with Crippen molar-refractivity contribution in [1.82, 2.24) is 0 Å². The van der Waals surface area contributed by atoms with Crippen molar-refractivity contribution in [3.8, 4) is 5.75 Å². The summed E-state index contributed by atoms with van der Waals surface area (Å²) in [5.41, 5.74) is 1.46. The lowest BCUT2D eigenvalue weighted by Gasteiger charge is -2.07. The number of hydrogen-bond donors (Lipinski definition) is 1. The molecule has 0 aliphatic carbocycles. The van der Waals surface area contributed by atoms with Gasteiger partial charge in [0.2, 0.25) is 0 Å². The van der Waals surface area contributed by atoms with Crippen LogP contribution in [0.25, 0.3) is 0 Å². The van der Waals surface area contributed by atoms with E-state index in [-0.39, 0.29) is 18.1 Å². The standard InChI is InChI=1S/C15H12ClFO3/c16-13-7-11(3-6-14(13)17)9-20-12-4-1-10(2-5-12)8-15(18)19/h1-7H,8-9H2,(H,18,19). The van der Waals surface area contributed by atoms with E-state index in [4.69, 9.17) is 21.4 Å². The second-order valence-corrected chi connectivity index (χ2v) is 4.66. The molecule has 5 heteroatoms. The van der Waals surface area contributed by atoms with Crippen molar-refractivity contribution in [3.63, 3.8) is 0 Å². The van der Waals surface area contributed by atoms with Crippen LogP contribution in [0.15, 0.2) is 42.5 Å². The van der Waals surface area contributed by atoms with Crippen LogP contribution in [0.4, 0.5) is 4.39 Å². The van der Waals surface area contributed by atoms with Crippen molar-refractivity contribution in [2.24, 2.45) is 0 Å². The van der Waals surface area contributed by atoms with E-state index in [0.29, 0.717) is 11.3 Å². The Morgan fingerprint density at radius 3 is 2.40 bits per heavy atom. The summed E-state index contributed by atoms with van der Waals surface area (Å²) in [6.07, 6.45) is -0.0200. The van der Waals surface area contributed by atoms with E-state index in [2.05, 4.69) is 0 Å². The second kappa shape index (κ2) is 6.39. The maximum Gasteiger partial charge on any atom is 0.307 e. The van der Waals surface area contributed by atoms with Crippen LogP contribution >= 0.6 is 11.6 Å². The zero-order valence-corrected chi connectivity index (χ0v) is 11.2. The molecule has 2 rings (SSSR count). The minimum absolute atomic E-state index is 0.0200. The molecule has 0 heterocycles. The minimum atomic E-state index is -0.875. The number of hydrogen-bond acceptors (Lipinski definition) is 2. The van der Waals surface area contributed by atoms with Crippen molar-refractivity contribution in [2.75, 3.05) is 0 Å². The predicted octanol–water partition coefficient (Wildman–Crippen LogP) is 3.69. The second-order valence-electron chi connectivity index (χ2n) is 4.25. The van der Waals surface area contributed by atoms with Crippen LogP contribution in [0.1, 0.15) is 11.1 Å². The molecule has 104 valence electrons. The molecule has 0 radical (unpaired) electrons. The summed E-state index contributed by atoms with van der Waals surface area (Å²) in [4.78, 5) is 10.5. The number of benzene rings is 2. The highest BCUT2D eigenvalue weighted by molar-refractivity contribution is 6.30. The summed E-state index contributed by atoms with van der Waals surface area (Å²) >= 11 is 5.68. The van der Waals surface area contributed by atoms with Gasteiger partial charge in [-0.05, 0) is 35.4 Å². The summed E-state index contributed by atoms with van der Waals surface area (Å²) in [6.45, 7) is 0.262. The largest absolute Gasteiger partial charge is 0.489 e. The van der Waals surface area contributed by atoms with Gasteiger partial charge in [0, 0.05) is 0 Å². The maximum absolute atomic E-state index is 13.0. The van der Waals surface area contributed by atoms with E-state index in [0.717, 1.165) is 5.56 Å². The highest BCUT2D eigenvalue weighted by atomic mass is 35.5. The van der Waals surface area contributed by atoms with Crippen LogP contribution in [0, 0.1) is 5.82 Å². The van der Waals surface area contributed by atoms with Gasteiger partial charge in [-0.2, -0.15) is 0 Å². The Balaban J connectivity index is 1.96. The first-order valence-electron chi connectivity index (χ1n) is 5.92. The Bertz CT molecular complexity index is 611. The van der Waals surface area contributed by atoms with E-state index in [1.807, 2.05) is 0 Å². The van der Waals surface area contributed by atoms with E-state index in [1.54, 1.807) is 30.3 Å². The number of carboxylic acids is 1. The Kier molecular flexibility index (Phi) is 4.58. The highest BCUT2D eigenvalue weighted by Gasteiger charge is 2.03. The van der Waals surface area contributed by atoms with Gasteiger partial charge in [-0.3, -0.25) is 4.79 Å². The molecule has 0 aliphatic rings. The van der Waals surface area contributed by atoms with E-state index < -0.39 is 11.8 Å². The molecule has 0 aliphatic heterocycles. The van der Waals surface area contributed by atoms with E-state index >= 15 is 0 Å². The van der Waals surface area contributed by atoms with Crippen molar-refractivity contribution in [2.45, 2.75) is 13.0 Å². The van der Waals surface area contributed by atoms with Crippen LogP contribution in [0.3, 0.4) is 0 Å². The molecule has 0 fully saturated rings. The SMILES string of the molecule is O=C(O)Cc1ccc(OCc2ccc(F)c(Cl)c2)cc1. The van der Waals surface area contributed by atoms with Gasteiger partial charge < -0.3 is 9.84 Å². The molecule has 0 saturated heterocycles. The van der Waals surface area contributed by atoms with Crippen LogP contribution in [0.5, 0.6) is 5.75 Å². The Hall–Kier alpha value is -2.07. The molecule has 0 bridgehead atoms. The molecule has 0 atom stereocenters. The molecule has 1 N–H and O–H groups in total. The highest BCUT2D eigenvalue weighted by Crippen LogP contribution is 2.18. The third kappa shape index (κ3) is 3.96. The van der Waals surface area contributed by atoms with Crippen LogP contribution in [-0.4, -0.2) is 11.1 Å². The summed E-state index contributed by atoms with van der Waals surface area (Å²) < 4.78 is 18.5. The van der Waals surface area contributed by atoms with Gasteiger partial charge in [0.05, 0.1) is 11.4 Å². The lowest BCUT2D eigenvalue weighted by molar-refractivity contribution is -0.136. The Labute approximate surface area is 120 Å². The molecule has 0 amide bonds. The number of ether oxygens (including phenoxy) is 1. The molecule has 3 nitrogen and oxygen atoms in total. The zero-order valence-electron chi connectivity index (χ0n) is 10.5. The Morgan fingerprint density at radius 2 is 1.80 bits per heavy atom. The van der Waals surface area contributed by atoms with Gasteiger partial charge in [-0.15, -0.1) is 0 Å². The maximum atomic E-state index is 13.0. The third-order valence-electron chi connectivity index (χ3n) is 2.67. The zero-order chi connectivity index (χ0) is 14.5. The van der Waals surface area contributed by atoms with Gasteiger partial charge in [0.1, 0.15) is 18.2 Å². The third-order valence-corrected chi connectivity index (χ3v) is 2.96. The first kappa shape index (κ1) is 14.3. The number of aliphatic carboxylic acids is 1. The van der Waals surface area contributed by atoms with Crippen molar-refractivity contribution >= 4 is 17.6 Å². The predicted molar refractivity (Wildman–Crippen MR) is 73.5 cm³/mol. The number of carboxylic acid groups (broad SMARTS) is 1. The monoisotopic (exact) mass is 294 g/mol. The summed E-state index contributed by atoms with van der Waals surface area (Å²) in [5, 5.41) is 8.72. The smallest absolute Gasteiger partial charge is 0.307 e. The molecular formula is C15H12ClFO3. The Morgan fingerprint density at radius 1 is 1.15 bits per heavy atom. The lowest BCUT2D eigenvalue weighted by Crippen LogP contribution is -2.00. The van der Waals surface area contributed by atoms with Crippen molar-refractivity contribution in [1.29, 1.82) is 0 Å². The van der Waals surface area contributed by atoms with Gasteiger partial charge in [-0.1, -0.05) is 29.8 Å². The van der Waals surface area contributed by atoms with Crippen molar-refractivity contribution < 1.29 is 19.0 Å². The van der Waals surface area contributed by atoms with Gasteiger partial charge in [-0.25, -0.2) is 4.39 Å². The fourth-order valence-electron chi connectivity index (χ4n) is 1.67. The molecule has 0 saturated carbocycles. The first-order valence-corrected chi connectivity index (χ1v) is 6.30. The van der Waals surface area contributed by atoms with Crippen LogP contribution < -0.4 is 4.74 Å². The van der Waals surface area contributed by atoms with Gasteiger partial charge in [0.25, 0.3) is 0 Å². The molecule has 0 aromatic heterocycles. The van der Waals surface area contributed by atoms with E-state index in [9.17, 15) is 9.18 Å². The normalized spacial score (nSPS) is 10.3.